The van der Waals surface area contributed by atoms with Crippen LogP contribution >= 0.6 is 0 Å². The van der Waals surface area contributed by atoms with Crippen molar-refractivity contribution >= 4 is 32.6 Å². The highest BCUT2D eigenvalue weighted by Crippen LogP contribution is 2.38. The van der Waals surface area contributed by atoms with Crippen molar-refractivity contribution < 1.29 is 0 Å². The summed E-state index contributed by atoms with van der Waals surface area (Å²) in [6, 6.07) is 48.7. The van der Waals surface area contributed by atoms with Crippen LogP contribution in [0.3, 0.4) is 0 Å². The molecule has 0 fully saturated rings. The van der Waals surface area contributed by atoms with Crippen LogP contribution in [0.5, 0.6) is 0 Å². The predicted octanol–water partition coefficient (Wildman–Crippen LogP) is 9.70. The highest BCUT2D eigenvalue weighted by molar-refractivity contribution is 6.11. The average Bonchev–Trinajstić information content (AvgIpc) is 3.29. The first-order chi connectivity index (χ1) is 18.8. The average molecular weight is 488 g/mol. The molecule has 0 bridgehead atoms. The van der Waals surface area contributed by atoms with E-state index < -0.39 is 0 Å². The molecule has 1 heteroatoms. The van der Waals surface area contributed by atoms with Crippen LogP contribution < -0.4 is 0 Å². The molecule has 1 nitrogen and oxygen atoms in total. The van der Waals surface area contributed by atoms with Gasteiger partial charge in [0, 0.05) is 16.5 Å². The maximum atomic E-state index is 2.44. The Morgan fingerprint density at radius 2 is 1.24 bits per heavy atom. The first-order valence-electron chi connectivity index (χ1n) is 13.4. The summed E-state index contributed by atoms with van der Waals surface area (Å²) in [5, 5.41) is 5.12. The van der Waals surface area contributed by atoms with Crippen molar-refractivity contribution in [3.05, 3.63) is 150 Å². The third-order valence-corrected chi connectivity index (χ3v) is 7.84. The van der Waals surface area contributed by atoms with Gasteiger partial charge < -0.3 is 4.57 Å². The molecule has 38 heavy (non-hydrogen) atoms. The summed E-state index contributed by atoms with van der Waals surface area (Å²) in [7, 11) is 0. The summed E-state index contributed by atoms with van der Waals surface area (Å²) in [4.78, 5) is 0. The van der Waals surface area contributed by atoms with Crippen molar-refractivity contribution in [1.29, 1.82) is 0 Å². The van der Waals surface area contributed by atoms with Crippen LogP contribution in [0.25, 0.3) is 49.4 Å². The minimum Gasteiger partial charge on any atom is -0.309 e. The van der Waals surface area contributed by atoms with E-state index in [1.807, 2.05) is 0 Å². The van der Waals surface area contributed by atoms with E-state index >= 15 is 0 Å². The number of para-hydroxylation sites is 1. The first kappa shape index (κ1) is 22.6. The molecule has 0 amide bonds. The summed E-state index contributed by atoms with van der Waals surface area (Å²) < 4.78 is 2.44. The van der Waals surface area contributed by atoms with Crippen LogP contribution in [0.15, 0.2) is 133 Å². The highest BCUT2D eigenvalue weighted by atomic mass is 15.0. The van der Waals surface area contributed by atoms with Gasteiger partial charge in [-0.2, -0.15) is 0 Å². The van der Waals surface area contributed by atoms with Crippen LogP contribution in [0.4, 0.5) is 0 Å². The van der Waals surface area contributed by atoms with Gasteiger partial charge in [-0.05, 0) is 88.7 Å². The van der Waals surface area contributed by atoms with E-state index in [2.05, 4.69) is 145 Å². The van der Waals surface area contributed by atoms with E-state index in [1.54, 1.807) is 0 Å². The lowest BCUT2D eigenvalue weighted by Gasteiger charge is -2.15. The molecule has 0 saturated carbocycles. The Hall–Kier alpha value is -4.62. The second-order valence-corrected chi connectivity index (χ2v) is 10.2. The number of fused-ring (bicyclic) bond motifs is 4. The molecule has 1 aromatic heterocycles. The van der Waals surface area contributed by atoms with Gasteiger partial charge in [0.15, 0.2) is 0 Å². The third-order valence-electron chi connectivity index (χ3n) is 7.84. The third kappa shape index (κ3) is 3.88. The molecule has 0 saturated heterocycles. The smallest absolute Gasteiger partial charge is 0.0547 e. The van der Waals surface area contributed by atoms with E-state index in [0.29, 0.717) is 0 Å². The Labute approximate surface area is 223 Å². The van der Waals surface area contributed by atoms with Gasteiger partial charge in [-0.25, -0.2) is 0 Å². The minimum atomic E-state index is 1.02. The zero-order chi connectivity index (χ0) is 25.5. The van der Waals surface area contributed by atoms with E-state index in [1.165, 1.54) is 66.1 Å². The number of hydrogen-bond acceptors (Lipinski definition) is 0. The van der Waals surface area contributed by atoms with Gasteiger partial charge in [0.2, 0.25) is 0 Å². The van der Waals surface area contributed by atoms with Crippen LogP contribution in [0.2, 0.25) is 0 Å². The van der Waals surface area contributed by atoms with Gasteiger partial charge in [0.05, 0.1) is 11.0 Å². The Kier molecular flexibility index (Phi) is 5.56. The lowest BCUT2D eigenvalue weighted by molar-refractivity contribution is 0.962. The van der Waals surface area contributed by atoms with E-state index in [9.17, 15) is 0 Å². The summed E-state index contributed by atoms with van der Waals surface area (Å²) in [5.74, 6) is 0. The fourth-order valence-electron chi connectivity index (χ4n) is 5.93. The minimum absolute atomic E-state index is 1.02. The van der Waals surface area contributed by atoms with Crippen LogP contribution in [-0.4, -0.2) is 4.57 Å². The fourth-order valence-corrected chi connectivity index (χ4v) is 5.93. The molecule has 0 aliphatic rings. The molecule has 182 valence electrons. The molecule has 0 atom stereocenters. The second-order valence-electron chi connectivity index (χ2n) is 10.2. The Bertz CT molecular complexity index is 1920. The molecule has 0 radical (unpaired) electrons. The van der Waals surface area contributed by atoms with Gasteiger partial charge in [-0.15, -0.1) is 0 Å². The molecule has 1 heterocycles. The summed E-state index contributed by atoms with van der Waals surface area (Å²) in [6.45, 7) is 2.25. The first-order valence-corrected chi connectivity index (χ1v) is 13.4. The Morgan fingerprint density at radius 1 is 0.500 bits per heavy atom. The molecule has 0 aliphatic heterocycles. The molecule has 7 rings (SSSR count). The van der Waals surface area contributed by atoms with Gasteiger partial charge in [-0.3, -0.25) is 0 Å². The Morgan fingerprint density at radius 3 is 2.13 bits per heavy atom. The number of aryl methyl sites for hydroxylation is 3. The van der Waals surface area contributed by atoms with Crippen LogP contribution in [0.1, 0.15) is 16.7 Å². The summed E-state index contributed by atoms with van der Waals surface area (Å²) in [6.07, 6.45) is 2.06. The summed E-state index contributed by atoms with van der Waals surface area (Å²) in [5.41, 5.74) is 10.4. The largest absolute Gasteiger partial charge is 0.309 e. The second kappa shape index (κ2) is 9.36. The van der Waals surface area contributed by atoms with Crippen molar-refractivity contribution in [2.75, 3.05) is 0 Å². The molecular formula is C37H29N. The number of hydrogen-bond donors (Lipinski definition) is 0. The van der Waals surface area contributed by atoms with E-state index in [-0.39, 0.29) is 0 Å². The summed E-state index contributed by atoms with van der Waals surface area (Å²) >= 11 is 0. The van der Waals surface area contributed by atoms with Crippen molar-refractivity contribution in [3.8, 4) is 16.8 Å². The molecule has 6 aromatic carbocycles. The van der Waals surface area contributed by atoms with E-state index in [4.69, 9.17) is 0 Å². The van der Waals surface area contributed by atoms with Crippen molar-refractivity contribution in [1.82, 2.24) is 4.57 Å². The molecule has 0 aliphatic carbocycles. The maximum Gasteiger partial charge on any atom is 0.0547 e. The van der Waals surface area contributed by atoms with Gasteiger partial charge in [0.1, 0.15) is 0 Å². The number of aromatic nitrogens is 1. The monoisotopic (exact) mass is 487 g/mol. The quantitative estimate of drug-likeness (QED) is 0.228. The van der Waals surface area contributed by atoms with Crippen LogP contribution in [0, 0.1) is 6.92 Å². The number of nitrogens with zero attached hydrogens (tertiary/aromatic N) is 1. The van der Waals surface area contributed by atoms with Gasteiger partial charge in [-0.1, -0.05) is 103 Å². The zero-order valence-electron chi connectivity index (χ0n) is 21.6. The lowest BCUT2D eigenvalue weighted by Crippen LogP contribution is -1.97. The molecule has 0 spiro atoms. The van der Waals surface area contributed by atoms with Crippen molar-refractivity contribution in [2.45, 2.75) is 19.8 Å². The SMILES string of the molecule is Cc1cc2c3ccccc3n(-c3ccc4ccccc4c3)c2cc1-c1ccccc1CCc1ccccc1. The normalized spacial score (nSPS) is 11.5. The van der Waals surface area contributed by atoms with Crippen LogP contribution in [-0.2, 0) is 12.8 Å². The topological polar surface area (TPSA) is 4.93 Å². The van der Waals surface area contributed by atoms with Gasteiger partial charge >= 0.3 is 0 Å². The van der Waals surface area contributed by atoms with Gasteiger partial charge in [0.25, 0.3) is 0 Å². The predicted molar refractivity (Wildman–Crippen MR) is 162 cm³/mol. The standard InChI is InChI=1S/C37H29N/c1-26-23-35-33-17-9-10-18-36(33)38(31-22-21-28-13-5-6-15-30(28)24-31)37(35)25-34(26)32-16-8-7-14-29(32)20-19-27-11-3-2-4-12-27/h2-18,21-25H,19-20H2,1H3. The Balaban J connectivity index is 1.42. The number of rotatable bonds is 5. The fraction of sp³-hybridized carbons (Fsp3) is 0.0811. The zero-order valence-corrected chi connectivity index (χ0v) is 21.6. The van der Waals surface area contributed by atoms with Crippen molar-refractivity contribution in [3.63, 3.8) is 0 Å². The lowest BCUT2D eigenvalue weighted by atomic mass is 9.92. The van der Waals surface area contributed by atoms with E-state index in [0.717, 1.165) is 12.8 Å². The molecule has 0 unspecified atom stereocenters. The number of benzene rings is 6. The highest BCUT2D eigenvalue weighted by Gasteiger charge is 2.16. The molecular weight excluding hydrogens is 458 g/mol. The maximum absolute atomic E-state index is 2.44. The van der Waals surface area contributed by atoms with Crippen molar-refractivity contribution in [2.24, 2.45) is 0 Å². The molecule has 7 aromatic rings. The molecule has 0 N–H and O–H groups in total.